The van der Waals surface area contributed by atoms with E-state index in [1.165, 1.54) is 0 Å². The molecular formula is C16H17N3O. The number of benzene rings is 2. The highest BCUT2D eigenvalue weighted by atomic mass is 16.5. The first-order chi connectivity index (χ1) is 9.84. The molecule has 0 amide bonds. The summed E-state index contributed by atoms with van der Waals surface area (Å²) in [6, 6.07) is 11.9. The molecule has 0 saturated heterocycles. The quantitative estimate of drug-likeness (QED) is 0.571. The average Bonchev–Trinajstić information content (AvgIpc) is 2.99. The van der Waals surface area contributed by atoms with Crippen molar-refractivity contribution >= 4 is 16.5 Å². The van der Waals surface area contributed by atoms with Crippen molar-refractivity contribution in [3.63, 3.8) is 0 Å². The van der Waals surface area contributed by atoms with Gasteiger partial charge in [-0.3, -0.25) is 0 Å². The number of anilines is 1. The third-order valence-corrected chi connectivity index (χ3v) is 3.30. The number of aryl methyl sites for hydroxylation is 1. The molecule has 0 spiro atoms. The number of nitrogens with zero attached hydrogens (tertiary/aromatic N) is 2. The molecule has 3 aromatic rings. The second kappa shape index (κ2) is 5.65. The third-order valence-electron chi connectivity index (χ3n) is 3.30. The Morgan fingerprint density at radius 3 is 2.75 bits per heavy atom. The molecule has 2 aromatic carbocycles. The average molecular weight is 267 g/mol. The van der Waals surface area contributed by atoms with Crippen LogP contribution in [0.5, 0.6) is 5.75 Å². The van der Waals surface area contributed by atoms with Crippen molar-refractivity contribution in [3.8, 4) is 5.75 Å². The van der Waals surface area contributed by atoms with Gasteiger partial charge >= 0.3 is 0 Å². The van der Waals surface area contributed by atoms with E-state index >= 15 is 0 Å². The Morgan fingerprint density at radius 2 is 1.95 bits per heavy atom. The molecule has 1 heterocycles. The van der Waals surface area contributed by atoms with Gasteiger partial charge in [0.1, 0.15) is 5.75 Å². The van der Waals surface area contributed by atoms with Gasteiger partial charge in [-0.1, -0.05) is 24.3 Å². The summed E-state index contributed by atoms with van der Waals surface area (Å²) < 4.78 is 7.93. The van der Waals surface area contributed by atoms with Gasteiger partial charge in [0.25, 0.3) is 0 Å². The highest BCUT2D eigenvalue weighted by Crippen LogP contribution is 2.29. The fraction of sp³-hybridized carbons (Fsp3) is 0.188. The first kappa shape index (κ1) is 12.5. The van der Waals surface area contributed by atoms with Crippen molar-refractivity contribution < 1.29 is 4.74 Å². The smallest absolute Gasteiger partial charge is 0.127 e. The van der Waals surface area contributed by atoms with Crippen LogP contribution in [0, 0.1) is 0 Å². The van der Waals surface area contributed by atoms with E-state index in [9.17, 15) is 0 Å². The number of fused-ring (bicyclic) bond motifs is 1. The minimum absolute atomic E-state index is 0.673. The molecule has 0 aliphatic heterocycles. The van der Waals surface area contributed by atoms with Gasteiger partial charge in [0.05, 0.1) is 12.9 Å². The van der Waals surface area contributed by atoms with E-state index in [0.29, 0.717) is 6.61 Å². The van der Waals surface area contributed by atoms with Crippen LogP contribution in [0.4, 0.5) is 5.69 Å². The van der Waals surface area contributed by atoms with E-state index < -0.39 is 0 Å². The molecular weight excluding hydrogens is 250 g/mol. The fourth-order valence-electron chi connectivity index (χ4n) is 2.27. The summed E-state index contributed by atoms with van der Waals surface area (Å²) in [5, 5.41) is 2.11. The van der Waals surface area contributed by atoms with Gasteiger partial charge in [-0.15, -0.1) is 0 Å². The highest BCUT2D eigenvalue weighted by Gasteiger charge is 2.04. The molecule has 3 rings (SSSR count). The molecule has 2 N–H and O–H groups in total. The molecule has 4 nitrogen and oxygen atoms in total. The van der Waals surface area contributed by atoms with Crippen LogP contribution in [0.2, 0.25) is 0 Å². The molecule has 0 unspecified atom stereocenters. The number of hydrogen-bond donors (Lipinski definition) is 1. The Bertz CT molecular complexity index is 692. The zero-order chi connectivity index (χ0) is 13.8. The van der Waals surface area contributed by atoms with Crippen molar-refractivity contribution in [3.05, 3.63) is 55.1 Å². The number of nitrogen functional groups attached to an aromatic ring is 1. The van der Waals surface area contributed by atoms with E-state index in [2.05, 4.69) is 4.98 Å². The molecule has 102 valence electrons. The van der Waals surface area contributed by atoms with Crippen LogP contribution >= 0.6 is 0 Å². The van der Waals surface area contributed by atoms with Gasteiger partial charge < -0.3 is 15.0 Å². The van der Waals surface area contributed by atoms with E-state index in [1.807, 2.05) is 53.5 Å². The summed E-state index contributed by atoms with van der Waals surface area (Å²) in [4.78, 5) is 4.02. The maximum Gasteiger partial charge on any atom is 0.127 e. The number of imidazole rings is 1. The van der Waals surface area contributed by atoms with Gasteiger partial charge in [-0.05, 0) is 18.6 Å². The Balaban J connectivity index is 1.67. The number of rotatable bonds is 5. The molecule has 0 fully saturated rings. The van der Waals surface area contributed by atoms with Crippen molar-refractivity contribution in [1.82, 2.24) is 9.55 Å². The molecule has 0 saturated carbocycles. The molecule has 4 heteroatoms. The lowest BCUT2D eigenvalue weighted by molar-refractivity contribution is 0.305. The summed E-state index contributed by atoms with van der Waals surface area (Å²) in [5.41, 5.74) is 6.76. The van der Waals surface area contributed by atoms with Crippen LogP contribution in [-0.4, -0.2) is 16.2 Å². The zero-order valence-electron chi connectivity index (χ0n) is 11.2. The summed E-state index contributed by atoms with van der Waals surface area (Å²) in [5.74, 6) is 0.889. The van der Waals surface area contributed by atoms with Gasteiger partial charge in [-0.25, -0.2) is 4.98 Å². The van der Waals surface area contributed by atoms with Crippen LogP contribution in [-0.2, 0) is 6.54 Å². The van der Waals surface area contributed by atoms with Crippen molar-refractivity contribution in [1.29, 1.82) is 0 Å². The monoisotopic (exact) mass is 267 g/mol. The Kier molecular flexibility index (Phi) is 3.54. The van der Waals surface area contributed by atoms with Gasteiger partial charge in [0.2, 0.25) is 0 Å². The lowest BCUT2D eigenvalue weighted by atomic mass is 10.1. The lowest BCUT2D eigenvalue weighted by Crippen LogP contribution is -2.03. The van der Waals surface area contributed by atoms with Crippen LogP contribution in [0.25, 0.3) is 10.8 Å². The lowest BCUT2D eigenvalue weighted by Gasteiger charge is -2.11. The molecule has 0 aliphatic carbocycles. The third kappa shape index (κ3) is 2.59. The first-order valence-electron chi connectivity index (χ1n) is 6.70. The molecule has 0 radical (unpaired) electrons. The molecule has 20 heavy (non-hydrogen) atoms. The first-order valence-corrected chi connectivity index (χ1v) is 6.70. The van der Waals surface area contributed by atoms with E-state index in [4.69, 9.17) is 10.5 Å². The number of aromatic nitrogens is 2. The normalized spacial score (nSPS) is 10.8. The molecule has 1 aromatic heterocycles. The van der Waals surface area contributed by atoms with E-state index in [1.54, 1.807) is 6.20 Å². The van der Waals surface area contributed by atoms with Gasteiger partial charge in [-0.2, -0.15) is 0 Å². The molecule has 0 atom stereocenters. The molecule has 0 aliphatic rings. The molecule has 0 bridgehead atoms. The second-order valence-corrected chi connectivity index (χ2v) is 4.70. The minimum atomic E-state index is 0.673. The minimum Gasteiger partial charge on any atom is -0.493 e. The number of ether oxygens (including phenoxy) is 1. The van der Waals surface area contributed by atoms with Crippen LogP contribution in [0.3, 0.4) is 0 Å². The fourth-order valence-corrected chi connectivity index (χ4v) is 2.27. The Morgan fingerprint density at radius 1 is 1.10 bits per heavy atom. The Labute approximate surface area is 117 Å². The standard InChI is InChI=1S/C16H17N3O/c17-15-6-7-16(14-5-2-1-4-13(14)15)20-11-3-9-19-10-8-18-12-19/h1-2,4-8,10,12H,3,9,11,17H2. The summed E-state index contributed by atoms with van der Waals surface area (Å²) >= 11 is 0. The van der Waals surface area contributed by atoms with Gasteiger partial charge in [0, 0.05) is 35.4 Å². The second-order valence-electron chi connectivity index (χ2n) is 4.70. The summed E-state index contributed by atoms with van der Waals surface area (Å²) in [6.45, 7) is 1.58. The van der Waals surface area contributed by atoms with Crippen LogP contribution in [0.1, 0.15) is 6.42 Å². The Hall–Kier alpha value is -2.49. The van der Waals surface area contributed by atoms with Gasteiger partial charge in [0.15, 0.2) is 0 Å². The van der Waals surface area contributed by atoms with Crippen molar-refractivity contribution in [2.75, 3.05) is 12.3 Å². The SMILES string of the molecule is Nc1ccc(OCCCn2ccnc2)c2ccccc12. The summed E-state index contributed by atoms with van der Waals surface area (Å²) in [6.07, 6.45) is 6.50. The largest absolute Gasteiger partial charge is 0.493 e. The summed E-state index contributed by atoms with van der Waals surface area (Å²) in [7, 11) is 0. The number of nitrogens with two attached hydrogens (primary N) is 1. The van der Waals surface area contributed by atoms with Crippen LogP contribution < -0.4 is 10.5 Å². The maximum absolute atomic E-state index is 5.98. The van der Waals surface area contributed by atoms with Crippen molar-refractivity contribution in [2.45, 2.75) is 13.0 Å². The maximum atomic E-state index is 5.98. The van der Waals surface area contributed by atoms with E-state index in [-0.39, 0.29) is 0 Å². The topological polar surface area (TPSA) is 53.1 Å². The predicted molar refractivity (Wildman–Crippen MR) is 80.7 cm³/mol. The predicted octanol–water partition coefficient (Wildman–Crippen LogP) is 3.09. The van der Waals surface area contributed by atoms with Crippen molar-refractivity contribution in [2.24, 2.45) is 0 Å². The highest BCUT2D eigenvalue weighted by molar-refractivity contribution is 5.96. The number of hydrogen-bond acceptors (Lipinski definition) is 3. The zero-order valence-corrected chi connectivity index (χ0v) is 11.2. The van der Waals surface area contributed by atoms with E-state index in [0.717, 1.165) is 35.2 Å². The van der Waals surface area contributed by atoms with Crippen LogP contribution in [0.15, 0.2) is 55.1 Å².